The van der Waals surface area contributed by atoms with Crippen molar-refractivity contribution in [2.75, 3.05) is 18.9 Å². The highest BCUT2D eigenvalue weighted by atomic mass is 32.1. The first kappa shape index (κ1) is 17.9. The van der Waals surface area contributed by atoms with Crippen LogP contribution in [0.4, 0.5) is 5.69 Å². The molecule has 0 aliphatic heterocycles. The van der Waals surface area contributed by atoms with Crippen LogP contribution in [-0.2, 0) is 4.79 Å². The number of hydrogen-bond acceptors (Lipinski definition) is 4. The quantitative estimate of drug-likeness (QED) is 0.847. The average molecular weight is 344 g/mol. The Labute approximate surface area is 145 Å². The molecule has 0 aliphatic rings. The number of ketones is 1. The smallest absolute Gasteiger partial charge is 0.264 e. The van der Waals surface area contributed by atoms with Crippen LogP contribution in [0.3, 0.4) is 0 Å². The molecule has 0 bridgehead atoms. The molecule has 5 nitrogen and oxygen atoms in total. The Morgan fingerprint density at radius 3 is 2.38 bits per heavy atom. The highest BCUT2D eigenvalue weighted by molar-refractivity contribution is 7.15. The summed E-state index contributed by atoms with van der Waals surface area (Å²) in [6, 6.07) is 8.93. The molecule has 0 fully saturated rings. The maximum atomic E-state index is 12.3. The molecule has 1 N–H and O–H groups in total. The summed E-state index contributed by atoms with van der Waals surface area (Å²) in [5.41, 5.74) is 2.84. The highest BCUT2D eigenvalue weighted by Gasteiger charge is 2.18. The van der Waals surface area contributed by atoms with Gasteiger partial charge in [-0.2, -0.15) is 0 Å². The standard InChI is InChI=1S/C18H20N2O3S/c1-11-6-5-7-14(12(11)2)19-17(22)10-20(4)18(23)16-9-8-15(24-16)13(3)21/h5-9H,10H2,1-4H3,(H,19,22). The van der Waals surface area contributed by atoms with Gasteiger partial charge in [0.2, 0.25) is 5.91 Å². The number of nitrogens with one attached hydrogen (secondary N) is 1. The second-order valence-corrected chi connectivity index (χ2v) is 6.76. The molecular weight excluding hydrogens is 324 g/mol. The number of rotatable bonds is 5. The molecule has 2 amide bonds. The maximum absolute atomic E-state index is 12.3. The SMILES string of the molecule is CC(=O)c1ccc(C(=O)N(C)CC(=O)Nc2cccc(C)c2C)s1. The van der Waals surface area contributed by atoms with Crippen molar-refractivity contribution in [2.24, 2.45) is 0 Å². The van der Waals surface area contributed by atoms with Crippen LogP contribution in [0.25, 0.3) is 0 Å². The number of carbonyl (C=O) groups excluding carboxylic acids is 3. The molecule has 0 spiro atoms. The lowest BCUT2D eigenvalue weighted by atomic mass is 10.1. The molecule has 0 saturated heterocycles. The first-order chi connectivity index (χ1) is 11.3. The third kappa shape index (κ3) is 4.08. The molecule has 1 heterocycles. The number of anilines is 1. The number of carbonyl (C=O) groups is 3. The average Bonchev–Trinajstić information content (AvgIpc) is 3.01. The molecule has 0 radical (unpaired) electrons. The predicted molar refractivity (Wildman–Crippen MR) is 95.8 cm³/mol. The number of amides is 2. The number of likely N-dealkylation sites (N-methyl/N-ethyl adjacent to an activating group) is 1. The minimum atomic E-state index is -0.274. The van der Waals surface area contributed by atoms with Crippen LogP contribution in [0.15, 0.2) is 30.3 Å². The third-order valence-corrected chi connectivity index (χ3v) is 4.94. The van der Waals surface area contributed by atoms with E-state index in [1.54, 1.807) is 19.2 Å². The second kappa shape index (κ2) is 7.40. The summed E-state index contributed by atoms with van der Waals surface area (Å²) in [7, 11) is 1.57. The first-order valence-electron chi connectivity index (χ1n) is 7.52. The number of benzene rings is 1. The van der Waals surface area contributed by atoms with E-state index < -0.39 is 0 Å². The van der Waals surface area contributed by atoms with Gasteiger partial charge in [0.1, 0.15) is 0 Å². The molecule has 2 aromatic rings. The van der Waals surface area contributed by atoms with Crippen molar-refractivity contribution >= 4 is 34.6 Å². The van der Waals surface area contributed by atoms with E-state index in [-0.39, 0.29) is 24.1 Å². The number of thiophene rings is 1. The van der Waals surface area contributed by atoms with Gasteiger partial charge >= 0.3 is 0 Å². The van der Waals surface area contributed by atoms with Gasteiger partial charge in [0.05, 0.1) is 16.3 Å². The first-order valence-corrected chi connectivity index (χ1v) is 8.33. The molecule has 2 rings (SSSR count). The Morgan fingerprint density at radius 1 is 1.08 bits per heavy atom. The summed E-state index contributed by atoms with van der Waals surface area (Å²) in [5, 5.41) is 2.83. The van der Waals surface area contributed by atoms with Crippen molar-refractivity contribution < 1.29 is 14.4 Å². The fourth-order valence-corrected chi connectivity index (χ4v) is 3.09. The lowest BCUT2D eigenvalue weighted by Crippen LogP contribution is -2.34. The van der Waals surface area contributed by atoms with Gasteiger partial charge in [-0.15, -0.1) is 11.3 Å². The number of hydrogen-bond donors (Lipinski definition) is 1. The summed E-state index contributed by atoms with van der Waals surface area (Å²) >= 11 is 1.14. The monoisotopic (exact) mass is 344 g/mol. The molecule has 126 valence electrons. The zero-order chi connectivity index (χ0) is 17.9. The van der Waals surface area contributed by atoms with E-state index in [1.165, 1.54) is 11.8 Å². The molecule has 0 unspecified atom stereocenters. The topological polar surface area (TPSA) is 66.5 Å². The van der Waals surface area contributed by atoms with E-state index in [0.29, 0.717) is 9.75 Å². The van der Waals surface area contributed by atoms with Crippen LogP contribution in [0.2, 0.25) is 0 Å². The largest absolute Gasteiger partial charge is 0.332 e. The van der Waals surface area contributed by atoms with Crippen LogP contribution >= 0.6 is 11.3 Å². The normalized spacial score (nSPS) is 10.3. The molecule has 0 aliphatic carbocycles. The fraction of sp³-hybridized carbons (Fsp3) is 0.278. The van der Waals surface area contributed by atoms with Crippen molar-refractivity contribution in [3.63, 3.8) is 0 Å². The van der Waals surface area contributed by atoms with Gasteiger partial charge in [0.25, 0.3) is 5.91 Å². The highest BCUT2D eigenvalue weighted by Crippen LogP contribution is 2.19. The van der Waals surface area contributed by atoms with E-state index >= 15 is 0 Å². The van der Waals surface area contributed by atoms with Crippen LogP contribution < -0.4 is 5.32 Å². The Hall–Kier alpha value is -2.47. The van der Waals surface area contributed by atoms with Crippen LogP contribution in [0, 0.1) is 13.8 Å². The Bertz CT molecular complexity index is 795. The molecule has 0 saturated carbocycles. The van der Waals surface area contributed by atoms with E-state index in [4.69, 9.17) is 0 Å². The lowest BCUT2D eigenvalue weighted by molar-refractivity contribution is -0.116. The van der Waals surface area contributed by atoms with Crippen LogP contribution in [-0.4, -0.2) is 36.1 Å². The summed E-state index contributed by atoms with van der Waals surface area (Å²) in [6.07, 6.45) is 0. The van der Waals surface area contributed by atoms with Crippen molar-refractivity contribution in [1.29, 1.82) is 0 Å². The van der Waals surface area contributed by atoms with Crippen molar-refractivity contribution in [2.45, 2.75) is 20.8 Å². The van der Waals surface area contributed by atoms with E-state index in [1.807, 2.05) is 32.0 Å². The van der Waals surface area contributed by atoms with Gasteiger partial charge in [-0.25, -0.2) is 0 Å². The van der Waals surface area contributed by atoms with Gasteiger partial charge in [0.15, 0.2) is 5.78 Å². The molecular formula is C18H20N2O3S. The van der Waals surface area contributed by atoms with Gasteiger partial charge in [-0.3, -0.25) is 14.4 Å². The number of aryl methyl sites for hydroxylation is 1. The van der Waals surface area contributed by atoms with E-state index in [2.05, 4.69) is 5.32 Å². The Balaban J connectivity index is 2.01. The predicted octanol–water partition coefficient (Wildman–Crippen LogP) is 3.28. The van der Waals surface area contributed by atoms with Crippen LogP contribution in [0.5, 0.6) is 0 Å². The van der Waals surface area contributed by atoms with Crippen molar-refractivity contribution in [1.82, 2.24) is 4.90 Å². The Morgan fingerprint density at radius 2 is 1.75 bits per heavy atom. The fourth-order valence-electron chi connectivity index (χ4n) is 2.19. The molecule has 6 heteroatoms. The van der Waals surface area contributed by atoms with Gasteiger partial charge in [-0.1, -0.05) is 12.1 Å². The number of Topliss-reactive ketones (excluding diaryl/α,β-unsaturated/α-hetero) is 1. The van der Waals surface area contributed by atoms with Gasteiger partial charge in [0, 0.05) is 12.7 Å². The molecule has 1 aromatic heterocycles. The summed E-state index contributed by atoms with van der Waals surface area (Å²) in [6.45, 7) is 5.32. The summed E-state index contributed by atoms with van der Waals surface area (Å²) in [5.74, 6) is -0.610. The zero-order valence-electron chi connectivity index (χ0n) is 14.2. The molecule has 24 heavy (non-hydrogen) atoms. The minimum absolute atomic E-state index is 0.0560. The van der Waals surface area contributed by atoms with Crippen molar-refractivity contribution in [3.8, 4) is 0 Å². The summed E-state index contributed by atoms with van der Waals surface area (Å²) < 4.78 is 0. The van der Waals surface area contributed by atoms with Gasteiger partial charge in [-0.05, 0) is 50.1 Å². The summed E-state index contributed by atoms with van der Waals surface area (Å²) in [4.78, 5) is 38.2. The third-order valence-electron chi connectivity index (χ3n) is 3.77. The maximum Gasteiger partial charge on any atom is 0.264 e. The molecule has 1 aromatic carbocycles. The minimum Gasteiger partial charge on any atom is -0.332 e. The van der Waals surface area contributed by atoms with E-state index in [0.717, 1.165) is 28.2 Å². The van der Waals surface area contributed by atoms with Gasteiger partial charge < -0.3 is 10.2 Å². The zero-order valence-corrected chi connectivity index (χ0v) is 15.0. The number of nitrogens with zero attached hydrogens (tertiary/aromatic N) is 1. The second-order valence-electron chi connectivity index (χ2n) is 5.68. The molecule has 0 atom stereocenters. The van der Waals surface area contributed by atoms with Crippen LogP contribution in [0.1, 0.15) is 37.4 Å². The van der Waals surface area contributed by atoms with E-state index in [9.17, 15) is 14.4 Å². The Kier molecular flexibility index (Phi) is 5.51. The lowest BCUT2D eigenvalue weighted by Gasteiger charge is -2.17. The van der Waals surface area contributed by atoms with Crippen molar-refractivity contribution in [3.05, 3.63) is 51.2 Å².